The molecular formula is C13H19F2NOS. The molecule has 0 fully saturated rings. The first-order chi connectivity index (χ1) is 8.58. The number of nitrogens with one attached hydrogen (secondary N) is 1. The second-order valence-electron chi connectivity index (χ2n) is 4.13. The predicted octanol–water partition coefficient (Wildman–Crippen LogP) is 2.85. The van der Waals surface area contributed by atoms with Gasteiger partial charge in [0.05, 0.1) is 15.7 Å². The SMILES string of the molecule is CCCC(CS(=O)c1cc(F)ccc1F)NCC. The molecule has 2 unspecified atom stereocenters. The number of hydrogen-bond donors (Lipinski definition) is 1. The van der Waals surface area contributed by atoms with Crippen molar-refractivity contribution in [1.82, 2.24) is 5.32 Å². The molecule has 0 radical (unpaired) electrons. The zero-order valence-electron chi connectivity index (χ0n) is 10.7. The van der Waals surface area contributed by atoms with E-state index in [2.05, 4.69) is 5.32 Å². The van der Waals surface area contributed by atoms with Crippen LogP contribution in [0, 0.1) is 11.6 Å². The molecule has 5 heteroatoms. The molecule has 0 saturated carbocycles. The van der Waals surface area contributed by atoms with Gasteiger partial charge in [-0.05, 0) is 31.2 Å². The minimum absolute atomic E-state index is 0.0472. The molecule has 1 aromatic carbocycles. The largest absolute Gasteiger partial charge is 0.313 e. The van der Waals surface area contributed by atoms with Crippen LogP contribution in [0.25, 0.3) is 0 Å². The molecule has 0 saturated heterocycles. The maximum atomic E-state index is 13.5. The molecule has 0 spiro atoms. The molecular weight excluding hydrogens is 256 g/mol. The van der Waals surface area contributed by atoms with Crippen molar-refractivity contribution < 1.29 is 13.0 Å². The van der Waals surface area contributed by atoms with Crippen LogP contribution in [0.15, 0.2) is 23.1 Å². The minimum atomic E-state index is -1.52. The normalized spacial score (nSPS) is 14.4. The van der Waals surface area contributed by atoms with Gasteiger partial charge >= 0.3 is 0 Å². The summed E-state index contributed by atoms with van der Waals surface area (Å²) in [4.78, 5) is -0.0472. The van der Waals surface area contributed by atoms with Crippen LogP contribution < -0.4 is 5.32 Å². The fourth-order valence-corrected chi connectivity index (χ4v) is 3.16. The Labute approximate surface area is 109 Å². The summed E-state index contributed by atoms with van der Waals surface area (Å²) < 4.78 is 38.5. The summed E-state index contributed by atoms with van der Waals surface area (Å²) in [7, 11) is -1.52. The van der Waals surface area contributed by atoms with Gasteiger partial charge < -0.3 is 5.32 Å². The van der Waals surface area contributed by atoms with Crippen LogP contribution in [0.1, 0.15) is 26.7 Å². The highest BCUT2D eigenvalue weighted by Crippen LogP contribution is 2.15. The molecule has 1 aromatic rings. The Morgan fingerprint density at radius 3 is 2.67 bits per heavy atom. The highest BCUT2D eigenvalue weighted by Gasteiger charge is 2.16. The Morgan fingerprint density at radius 2 is 2.06 bits per heavy atom. The molecule has 0 amide bonds. The summed E-state index contributed by atoms with van der Waals surface area (Å²) in [5.74, 6) is -0.862. The standard InChI is InChI=1S/C13H19F2NOS/c1-3-5-11(16-4-2)9-18(17)13-8-10(14)6-7-12(13)15/h6-8,11,16H,3-5,9H2,1-2H3. The molecule has 0 aliphatic heterocycles. The lowest BCUT2D eigenvalue weighted by atomic mass is 10.2. The van der Waals surface area contributed by atoms with E-state index in [-0.39, 0.29) is 10.9 Å². The number of halogens is 2. The lowest BCUT2D eigenvalue weighted by Gasteiger charge is -2.16. The first-order valence-electron chi connectivity index (χ1n) is 6.15. The molecule has 2 nitrogen and oxygen atoms in total. The van der Waals surface area contributed by atoms with Crippen LogP contribution in [0.5, 0.6) is 0 Å². The number of rotatable bonds is 7. The number of hydrogen-bond acceptors (Lipinski definition) is 2. The molecule has 0 aromatic heterocycles. The van der Waals surface area contributed by atoms with Crippen LogP contribution in [0.2, 0.25) is 0 Å². The lowest BCUT2D eigenvalue weighted by molar-refractivity contribution is 0.523. The van der Waals surface area contributed by atoms with Gasteiger partial charge in [0.1, 0.15) is 11.6 Å². The molecule has 0 heterocycles. The van der Waals surface area contributed by atoms with Crippen molar-refractivity contribution in [3.63, 3.8) is 0 Å². The number of benzene rings is 1. The van der Waals surface area contributed by atoms with Crippen LogP contribution in [0.4, 0.5) is 8.78 Å². The van der Waals surface area contributed by atoms with Crippen LogP contribution in [0.3, 0.4) is 0 Å². The Hall–Kier alpha value is -0.810. The van der Waals surface area contributed by atoms with Crippen molar-refractivity contribution in [2.45, 2.75) is 37.6 Å². The Kier molecular flexibility index (Phi) is 6.43. The van der Waals surface area contributed by atoms with Gasteiger partial charge in [-0.1, -0.05) is 20.3 Å². The van der Waals surface area contributed by atoms with Crippen LogP contribution in [-0.2, 0) is 10.8 Å². The van der Waals surface area contributed by atoms with E-state index in [0.29, 0.717) is 5.75 Å². The second kappa shape index (κ2) is 7.59. The zero-order valence-corrected chi connectivity index (χ0v) is 11.5. The smallest absolute Gasteiger partial charge is 0.139 e. The van der Waals surface area contributed by atoms with Crippen molar-refractivity contribution >= 4 is 10.8 Å². The zero-order chi connectivity index (χ0) is 13.5. The van der Waals surface area contributed by atoms with E-state index in [1.165, 1.54) is 0 Å². The van der Waals surface area contributed by atoms with Gasteiger partial charge in [-0.2, -0.15) is 0 Å². The first-order valence-corrected chi connectivity index (χ1v) is 7.47. The molecule has 102 valence electrons. The Morgan fingerprint density at radius 1 is 1.33 bits per heavy atom. The van der Waals surface area contributed by atoms with E-state index in [9.17, 15) is 13.0 Å². The topological polar surface area (TPSA) is 29.1 Å². The summed E-state index contributed by atoms with van der Waals surface area (Å²) >= 11 is 0. The predicted molar refractivity (Wildman–Crippen MR) is 70.0 cm³/mol. The highest BCUT2D eigenvalue weighted by molar-refractivity contribution is 7.85. The lowest BCUT2D eigenvalue weighted by Crippen LogP contribution is -2.34. The summed E-state index contributed by atoms with van der Waals surface area (Å²) in [6.07, 6.45) is 1.83. The van der Waals surface area contributed by atoms with Crippen molar-refractivity contribution in [2.24, 2.45) is 0 Å². The average molecular weight is 275 g/mol. The van der Waals surface area contributed by atoms with E-state index in [4.69, 9.17) is 0 Å². The van der Waals surface area contributed by atoms with Crippen LogP contribution in [-0.4, -0.2) is 22.5 Å². The fourth-order valence-electron chi connectivity index (χ4n) is 1.81. The monoisotopic (exact) mass is 275 g/mol. The van der Waals surface area contributed by atoms with Gasteiger partial charge in [-0.25, -0.2) is 8.78 Å². The maximum absolute atomic E-state index is 13.5. The van der Waals surface area contributed by atoms with Gasteiger partial charge in [0.25, 0.3) is 0 Å². The average Bonchev–Trinajstić information content (AvgIpc) is 2.33. The summed E-state index contributed by atoms with van der Waals surface area (Å²) in [5, 5.41) is 3.21. The third kappa shape index (κ3) is 4.46. The van der Waals surface area contributed by atoms with Crippen LogP contribution >= 0.6 is 0 Å². The van der Waals surface area contributed by atoms with Gasteiger partial charge in [-0.15, -0.1) is 0 Å². The molecule has 0 bridgehead atoms. The molecule has 1 N–H and O–H groups in total. The van der Waals surface area contributed by atoms with Crippen molar-refractivity contribution in [2.75, 3.05) is 12.3 Å². The van der Waals surface area contributed by atoms with E-state index in [0.717, 1.165) is 37.6 Å². The Bertz CT molecular complexity index is 406. The van der Waals surface area contributed by atoms with E-state index in [1.54, 1.807) is 0 Å². The molecule has 18 heavy (non-hydrogen) atoms. The van der Waals surface area contributed by atoms with Crippen molar-refractivity contribution in [3.05, 3.63) is 29.8 Å². The van der Waals surface area contributed by atoms with E-state index >= 15 is 0 Å². The van der Waals surface area contributed by atoms with Gasteiger partial charge in [0, 0.05) is 11.8 Å². The van der Waals surface area contributed by atoms with Crippen molar-refractivity contribution in [3.8, 4) is 0 Å². The quantitative estimate of drug-likeness (QED) is 0.829. The van der Waals surface area contributed by atoms with E-state index in [1.807, 2.05) is 13.8 Å². The summed E-state index contributed by atoms with van der Waals surface area (Å²) in [6.45, 7) is 4.78. The first kappa shape index (κ1) is 15.2. The maximum Gasteiger partial charge on any atom is 0.139 e. The molecule has 0 aliphatic carbocycles. The van der Waals surface area contributed by atoms with E-state index < -0.39 is 22.4 Å². The van der Waals surface area contributed by atoms with Gasteiger partial charge in [0.15, 0.2) is 0 Å². The summed E-state index contributed by atoms with van der Waals surface area (Å²) in [6, 6.07) is 3.14. The third-order valence-corrected chi connectivity index (χ3v) is 4.13. The molecule has 1 rings (SSSR count). The van der Waals surface area contributed by atoms with Gasteiger partial charge in [0.2, 0.25) is 0 Å². The van der Waals surface area contributed by atoms with Gasteiger partial charge in [-0.3, -0.25) is 4.21 Å². The van der Waals surface area contributed by atoms with Crippen molar-refractivity contribution in [1.29, 1.82) is 0 Å². The minimum Gasteiger partial charge on any atom is -0.313 e. The second-order valence-corrected chi connectivity index (χ2v) is 5.59. The molecule has 2 atom stereocenters. The Balaban J connectivity index is 2.76. The summed E-state index contributed by atoms with van der Waals surface area (Å²) in [5.41, 5.74) is 0. The molecule has 0 aliphatic rings. The third-order valence-electron chi connectivity index (χ3n) is 2.62. The fraction of sp³-hybridized carbons (Fsp3) is 0.538. The highest BCUT2D eigenvalue weighted by atomic mass is 32.2.